The third-order valence-electron chi connectivity index (χ3n) is 3.96. The molecule has 3 rings (SSSR count). The van der Waals surface area contributed by atoms with E-state index in [0.29, 0.717) is 20.7 Å². The van der Waals surface area contributed by atoms with Crippen LogP contribution in [0.4, 0.5) is 10.1 Å². The van der Waals surface area contributed by atoms with E-state index in [2.05, 4.69) is 58.3 Å². The highest BCUT2D eigenvalue weighted by molar-refractivity contribution is 9.10. The Bertz CT molecular complexity index is 1030. The average Bonchev–Trinajstić information content (AvgIpc) is 3.09. The topological polar surface area (TPSA) is 48.7 Å². The molecule has 1 N–H and O–H groups in total. The van der Waals surface area contributed by atoms with Crippen molar-refractivity contribution in [1.82, 2.24) is 4.98 Å². The molecule has 0 saturated carbocycles. The highest BCUT2D eigenvalue weighted by Gasteiger charge is 2.10. The molecule has 3 aromatic rings. The molecule has 1 aromatic heterocycles. The molecule has 0 saturated heterocycles. The van der Waals surface area contributed by atoms with Crippen molar-refractivity contribution in [2.75, 3.05) is 5.32 Å². The molecule has 0 amide bonds. The normalized spacial score (nSPS) is 11.3. The van der Waals surface area contributed by atoms with E-state index in [4.69, 9.17) is 0 Å². The number of rotatable bonds is 4. The molecule has 0 spiro atoms. The summed E-state index contributed by atoms with van der Waals surface area (Å²) in [4.78, 5) is 4.56. The lowest BCUT2D eigenvalue weighted by molar-refractivity contribution is 0.631. The maximum Gasteiger partial charge on any atom is 0.147 e. The molecular formula is C20H15BrFN3S. The highest BCUT2D eigenvalue weighted by atomic mass is 79.9. The van der Waals surface area contributed by atoms with Gasteiger partial charge in [0.2, 0.25) is 0 Å². The van der Waals surface area contributed by atoms with Crippen LogP contribution in [0.1, 0.15) is 16.1 Å². The molecule has 6 heteroatoms. The summed E-state index contributed by atoms with van der Waals surface area (Å²) in [6.07, 6.45) is 1.48. The quantitative estimate of drug-likeness (QED) is 0.496. The Balaban J connectivity index is 1.86. The fourth-order valence-electron chi connectivity index (χ4n) is 2.33. The zero-order valence-electron chi connectivity index (χ0n) is 14.2. The van der Waals surface area contributed by atoms with Gasteiger partial charge in [-0.2, -0.15) is 5.26 Å². The van der Waals surface area contributed by atoms with Crippen LogP contribution in [-0.4, -0.2) is 4.98 Å². The molecule has 0 atom stereocenters. The fourth-order valence-corrected chi connectivity index (χ4v) is 3.46. The Kier molecular flexibility index (Phi) is 5.50. The summed E-state index contributed by atoms with van der Waals surface area (Å²) in [6, 6.07) is 13.0. The van der Waals surface area contributed by atoms with Gasteiger partial charge in [-0.1, -0.05) is 28.1 Å². The minimum absolute atomic E-state index is 0.298. The number of aryl methyl sites for hydroxylation is 2. The van der Waals surface area contributed by atoms with Gasteiger partial charge in [0.1, 0.15) is 22.5 Å². The van der Waals surface area contributed by atoms with Crippen LogP contribution >= 0.6 is 27.3 Å². The van der Waals surface area contributed by atoms with Crippen LogP contribution in [0.2, 0.25) is 0 Å². The first-order chi connectivity index (χ1) is 12.5. The second kappa shape index (κ2) is 7.81. The number of benzene rings is 2. The van der Waals surface area contributed by atoms with Crippen LogP contribution in [0, 0.1) is 31.0 Å². The maximum atomic E-state index is 13.9. The molecule has 3 nitrogen and oxygen atoms in total. The van der Waals surface area contributed by atoms with Crippen molar-refractivity contribution in [2.24, 2.45) is 0 Å². The molecule has 0 radical (unpaired) electrons. The van der Waals surface area contributed by atoms with Crippen LogP contribution in [0.5, 0.6) is 0 Å². The van der Waals surface area contributed by atoms with E-state index < -0.39 is 5.82 Å². The molecular weight excluding hydrogens is 413 g/mol. The molecule has 0 aliphatic rings. The molecule has 0 bridgehead atoms. The Labute approximate surface area is 164 Å². The van der Waals surface area contributed by atoms with E-state index in [-0.39, 0.29) is 0 Å². The molecule has 0 unspecified atom stereocenters. The molecule has 130 valence electrons. The summed E-state index contributed by atoms with van der Waals surface area (Å²) in [7, 11) is 0. The maximum absolute atomic E-state index is 13.9. The van der Waals surface area contributed by atoms with Gasteiger partial charge in [-0.25, -0.2) is 9.37 Å². The predicted octanol–water partition coefficient (Wildman–Crippen LogP) is 6.31. The average molecular weight is 428 g/mol. The van der Waals surface area contributed by atoms with E-state index >= 15 is 0 Å². The van der Waals surface area contributed by atoms with E-state index in [1.807, 2.05) is 11.4 Å². The van der Waals surface area contributed by atoms with Crippen molar-refractivity contribution in [3.05, 3.63) is 74.4 Å². The van der Waals surface area contributed by atoms with Gasteiger partial charge in [0, 0.05) is 21.6 Å². The van der Waals surface area contributed by atoms with Gasteiger partial charge in [0.25, 0.3) is 0 Å². The van der Waals surface area contributed by atoms with Crippen LogP contribution < -0.4 is 5.32 Å². The molecule has 0 aliphatic heterocycles. The largest absolute Gasteiger partial charge is 0.358 e. The van der Waals surface area contributed by atoms with Crippen molar-refractivity contribution in [2.45, 2.75) is 13.8 Å². The van der Waals surface area contributed by atoms with Crippen molar-refractivity contribution in [3.8, 4) is 17.3 Å². The minimum atomic E-state index is -0.400. The summed E-state index contributed by atoms with van der Waals surface area (Å²) in [6.45, 7) is 4.12. The molecule has 2 aromatic carbocycles. The molecule has 26 heavy (non-hydrogen) atoms. The minimum Gasteiger partial charge on any atom is -0.358 e. The van der Waals surface area contributed by atoms with Crippen LogP contribution in [-0.2, 0) is 0 Å². The first-order valence-electron chi connectivity index (χ1n) is 7.83. The third-order valence-corrected chi connectivity index (χ3v) is 5.33. The monoisotopic (exact) mass is 427 g/mol. The SMILES string of the molecule is Cc1ccc(-c2csc(/C(C#N)=C/Nc3ccc(Br)cc3F)n2)cc1C. The Hall–Kier alpha value is -2.49. The first-order valence-corrected chi connectivity index (χ1v) is 9.50. The number of nitrogens with zero attached hydrogens (tertiary/aromatic N) is 2. The Morgan fingerprint density at radius 3 is 2.73 bits per heavy atom. The molecule has 0 fully saturated rings. The van der Waals surface area contributed by atoms with Crippen LogP contribution in [0.3, 0.4) is 0 Å². The van der Waals surface area contributed by atoms with Gasteiger partial charge in [-0.05, 0) is 49.2 Å². The standard InChI is InChI=1S/C20H15BrFN3S/c1-12-3-4-14(7-13(12)2)19-11-26-20(25-19)15(9-23)10-24-18-6-5-16(21)8-17(18)22/h3-8,10-11,24H,1-2H3/b15-10+. The Morgan fingerprint density at radius 2 is 2.04 bits per heavy atom. The second-order valence-corrected chi connectivity index (χ2v) is 7.55. The third kappa shape index (κ3) is 4.01. The van der Waals surface area contributed by atoms with E-state index in [0.717, 1.165) is 11.3 Å². The number of nitriles is 1. The summed E-state index contributed by atoms with van der Waals surface area (Å²) >= 11 is 4.60. The smallest absolute Gasteiger partial charge is 0.147 e. The number of halogens is 2. The van der Waals surface area contributed by atoms with Gasteiger partial charge >= 0.3 is 0 Å². The summed E-state index contributed by atoms with van der Waals surface area (Å²) in [5.41, 5.74) is 4.91. The van der Waals surface area contributed by atoms with Crippen LogP contribution in [0.25, 0.3) is 16.8 Å². The van der Waals surface area contributed by atoms with Crippen molar-refractivity contribution < 1.29 is 4.39 Å². The summed E-state index contributed by atoms with van der Waals surface area (Å²) in [5.74, 6) is -0.400. The number of aromatic nitrogens is 1. The van der Waals surface area contributed by atoms with Gasteiger partial charge in [-0.3, -0.25) is 0 Å². The first kappa shape index (κ1) is 18.3. The summed E-state index contributed by atoms with van der Waals surface area (Å²) < 4.78 is 14.5. The zero-order chi connectivity index (χ0) is 18.7. The van der Waals surface area contributed by atoms with Crippen molar-refractivity contribution >= 4 is 38.5 Å². The number of thiazole rings is 1. The van der Waals surface area contributed by atoms with E-state index in [1.165, 1.54) is 34.7 Å². The zero-order valence-corrected chi connectivity index (χ0v) is 16.6. The lowest BCUT2D eigenvalue weighted by Gasteiger charge is -2.04. The lowest BCUT2D eigenvalue weighted by Crippen LogP contribution is -1.94. The van der Waals surface area contributed by atoms with Crippen molar-refractivity contribution in [3.63, 3.8) is 0 Å². The highest BCUT2D eigenvalue weighted by Crippen LogP contribution is 2.28. The van der Waals surface area contributed by atoms with Gasteiger partial charge in [0.15, 0.2) is 0 Å². The lowest BCUT2D eigenvalue weighted by atomic mass is 10.1. The number of hydrogen-bond donors (Lipinski definition) is 1. The van der Waals surface area contributed by atoms with E-state index in [1.54, 1.807) is 12.1 Å². The molecule has 0 aliphatic carbocycles. The number of allylic oxidation sites excluding steroid dienone is 1. The summed E-state index contributed by atoms with van der Waals surface area (Å²) in [5, 5.41) is 14.8. The van der Waals surface area contributed by atoms with E-state index in [9.17, 15) is 9.65 Å². The Morgan fingerprint density at radius 1 is 1.23 bits per heavy atom. The second-order valence-electron chi connectivity index (χ2n) is 5.78. The van der Waals surface area contributed by atoms with Crippen molar-refractivity contribution in [1.29, 1.82) is 5.26 Å². The van der Waals surface area contributed by atoms with Gasteiger partial charge < -0.3 is 5.32 Å². The number of nitrogens with one attached hydrogen (secondary N) is 1. The molecule has 1 heterocycles. The van der Waals surface area contributed by atoms with Gasteiger partial charge in [-0.15, -0.1) is 11.3 Å². The van der Waals surface area contributed by atoms with Crippen LogP contribution in [0.15, 0.2) is 52.5 Å². The predicted molar refractivity (Wildman–Crippen MR) is 108 cm³/mol. The fraction of sp³-hybridized carbons (Fsp3) is 0.100. The number of anilines is 1. The number of hydrogen-bond acceptors (Lipinski definition) is 4. The van der Waals surface area contributed by atoms with Gasteiger partial charge in [0.05, 0.1) is 11.4 Å².